The van der Waals surface area contributed by atoms with Crippen LogP contribution < -0.4 is 5.32 Å². The van der Waals surface area contributed by atoms with Crippen LogP contribution in [0.3, 0.4) is 0 Å². The molecule has 0 radical (unpaired) electrons. The second-order valence-corrected chi connectivity index (χ2v) is 5.63. The zero-order valence-electron chi connectivity index (χ0n) is 12.1. The highest BCUT2D eigenvalue weighted by Gasteiger charge is 2.26. The van der Waals surface area contributed by atoms with Crippen molar-refractivity contribution in [3.05, 3.63) is 0 Å². The quantitative estimate of drug-likeness (QED) is 0.737. The molecule has 0 fully saturated rings. The molecule has 0 aromatic heterocycles. The van der Waals surface area contributed by atoms with Crippen LogP contribution in [0.4, 0.5) is 4.79 Å². The van der Waals surface area contributed by atoms with Gasteiger partial charge in [-0.2, -0.15) is 5.26 Å². The van der Waals surface area contributed by atoms with E-state index in [4.69, 9.17) is 10.4 Å². The Morgan fingerprint density at radius 2 is 2.00 bits per heavy atom. The van der Waals surface area contributed by atoms with Gasteiger partial charge in [-0.1, -0.05) is 13.8 Å². The van der Waals surface area contributed by atoms with Crippen LogP contribution in [0.1, 0.15) is 40.5 Å². The largest absolute Gasteiger partial charge is 0.481 e. The number of amides is 2. The third-order valence-corrected chi connectivity index (χ3v) is 2.40. The fourth-order valence-corrected chi connectivity index (χ4v) is 1.69. The molecule has 2 N–H and O–H groups in total. The number of carboxylic acid groups (broad SMARTS) is 1. The fraction of sp³-hybridized carbons (Fsp3) is 0.769. The van der Waals surface area contributed by atoms with Gasteiger partial charge in [0.25, 0.3) is 0 Å². The van der Waals surface area contributed by atoms with Crippen LogP contribution >= 0.6 is 0 Å². The number of carboxylic acids is 1. The molecule has 108 valence electrons. The standard InChI is InChI=1S/C13H23N3O3/c1-10(2)9-16(7-5-6-14)12(19)15-13(3,4)8-11(17)18/h10H,5,7-9H2,1-4H3,(H,15,19)(H,17,18). The monoisotopic (exact) mass is 269 g/mol. The summed E-state index contributed by atoms with van der Waals surface area (Å²) in [5.41, 5.74) is -0.815. The number of urea groups is 1. The lowest BCUT2D eigenvalue weighted by Crippen LogP contribution is -2.51. The Balaban J connectivity index is 4.62. The van der Waals surface area contributed by atoms with Crippen LogP contribution in [0.25, 0.3) is 0 Å². The Labute approximate surface area is 114 Å². The smallest absolute Gasteiger partial charge is 0.317 e. The molecule has 0 saturated carbocycles. The maximum absolute atomic E-state index is 12.1. The number of carbonyl (C=O) groups excluding carboxylic acids is 1. The fourth-order valence-electron chi connectivity index (χ4n) is 1.69. The average Bonchev–Trinajstić information content (AvgIpc) is 2.20. The molecule has 2 amide bonds. The SMILES string of the molecule is CC(C)CN(CCC#N)C(=O)NC(C)(C)CC(=O)O. The summed E-state index contributed by atoms with van der Waals surface area (Å²) >= 11 is 0. The van der Waals surface area contributed by atoms with Crippen molar-refractivity contribution < 1.29 is 14.7 Å². The second kappa shape index (κ2) is 7.62. The van der Waals surface area contributed by atoms with E-state index in [1.54, 1.807) is 18.7 Å². The Bertz CT molecular complexity index is 359. The maximum Gasteiger partial charge on any atom is 0.317 e. The van der Waals surface area contributed by atoms with Crippen LogP contribution in [0.2, 0.25) is 0 Å². The van der Waals surface area contributed by atoms with E-state index >= 15 is 0 Å². The minimum Gasteiger partial charge on any atom is -0.481 e. The number of nitrogens with zero attached hydrogens (tertiary/aromatic N) is 2. The molecule has 0 heterocycles. The van der Waals surface area contributed by atoms with E-state index < -0.39 is 11.5 Å². The Hall–Kier alpha value is -1.77. The molecule has 6 heteroatoms. The van der Waals surface area contributed by atoms with E-state index in [0.29, 0.717) is 13.1 Å². The first kappa shape index (κ1) is 17.2. The van der Waals surface area contributed by atoms with Gasteiger partial charge in [0.2, 0.25) is 0 Å². The third-order valence-electron chi connectivity index (χ3n) is 2.40. The Morgan fingerprint density at radius 3 is 2.42 bits per heavy atom. The van der Waals surface area contributed by atoms with Gasteiger partial charge in [0, 0.05) is 18.6 Å². The van der Waals surface area contributed by atoms with E-state index in [1.807, 2.05) is 19.9 Å². The summed E-state index contributed by atoms with van der Waals surface area (Å²) in [6.45, 7) is 8.18. The van der Waals surface area contributed by atoms with Crippen molar-refractivity contribution in [2.24, 2.45) is 5.92 Å². The van der Waals surface area contributed by atoms with E-state index in [2.05, 4.69) is 5.32 Å². The van der Waals surface area contributed by atoms with Gasteiger partial charge in [-0.25, -0.2) is 4.79 Å². The highest BCUT2D eigenvalue weighted by atomic mass is 16.4. The summed E-state index contributed by atoms with van der Waals surface area (Å²) in [4.78, 5) is 24.4. The first-order valence-corrected chi connectivity index (χ1v) is 6.34. The molecule has 0 spiro atoms. The van der Waals surface area contributed by atoms with Crippen LogP contribution in [0.5, 0.6) is 0 Å². The van der Waals surface area contributed by atoms with E-state index in [-0.39, 0.29) is 24.8 Å². The zero-order chi connectivity index (χ0) is 15.1. The summed E-state index contributed by atoms with van der Waals surface area (Å²) in [5, 5.41) is 20.1. The van der Waals surface area contributed by atoms with Crippen molar-refractivity contribution in [1.29, 1.82) is 5.26 Å². The Morgan fingerprint density at radius 1 is 1.42 bits per heavy atom. The molecular formula is C13H23N3O3. The van der Waals surface area contributed by atoms with Crippen LogP contribution in [0.15, 0.2) is 0 Å². The maximum atomic E-state index is 12.1. The number of hydrogen-bond donors (Lipinski definition) is 2. The molecule has 0 unspecified atom stereocenters. The van der Waals surface area contributed by atoms with Crippen LogP contribution in [-0.2, 0) is 4.79 Å². The van der Waals surface area contributed by atoms with E-state index in [9.17, 15) is 9.59 Å². The van der Waals surface area contributed by atoms with Crippen LogP contribution in [0, 0.1) is 17.2 Å². The number of rotatable bonds is 7. The first-order chi connectivity index (χ1) is 8.68. The van der Waals surface area contributed by atoms with Crippen molar-refractivity contribution in [1.82, 2.24) is 10.2 Å². The number of carbonyl (C=O) groups is 2. The van der Waals surface area contributed by atoms with Crippen molar-refractivity contribution in [2.75, 3.05) is 13.1 Å². The number of nitrogens with one attached hydrogen (secondary N) is 1. The van der Waals surface area contributed by atoms with E-state index in [1.165, 1.54) is 0 Å². The normalized spacial score (nSPS) is 10.9. The molecule has 0 aromatic carbocycles. The summed E-state index contributed by atoms with van der Waals surface area (Å²) < 4.78 is 0. The number of hydrogen-bond acceptors (Lipinski definition) is 3. The molecule has 0 atom stereocenters. The van der Waals surface area contributed by atoms with Gasteiger partial charge in [0.15, 0.2) is 0 Å². The van der Waals surface area contributed by atoms with Gasteiger partial charge >= 0.3 is 12.0 Å². The van der Waals surface area contributed by atoms with Gasteiger partial charge in [0.1, 0.15) is 0 Å². The molecular weight excluding hydrogens is 246 g/mol. The molecule has 0 bridgehead atoms. The van der Waals surface area contributed by atoms with Gasteiger partial charge in [0.05, 0.1) is 18.9 Å². The third kappa shape index (κ3) is 8.03. The van der Waals surface area contributed by atoms with Gasteiger partial charge in [-0.15, -0.1) is 0 Å². The summed E-state index contributed by atoms with van der Waals surface area (Å²) in [7, 11) is 0. The first-order valence-electron chi connectivity index (χ1n) is 6.34. The average molecular weight is 269 g/mol. The van der Waals surface area contributed by atoms with Crippen molar-refractivity contribution in [3.8, 4) is 6.07 Å². The van der Waals surface area contributed by atoms with E-state index in [0.717, 1.165) is 0 Å². The lowest BCUT2D eigenvalue weighted by molar-refractivity contribution is -0.138. The van der Waals surface area contributed by atoms with Gasteiger partial charge in [-0.05, 0) is 19.8 Å². The zero-order valence-corrected chi connectivity index (χ0v) is 12.1. The predicted octanol–water partition coefficient (Wildman–Crippen LogP) is 1.82. The minimum atomic E-state index is -0.960. The lowest BCUT2D eigenvalue weighted by atomic mass is 10.0. The van der Waals surface area contributed by atoms with Crippen LogP contribution in [-0.4, -0.2) is 40.6 Å². The lowest BCUT2D eigenvalue weighted by Gasteiger charge is -2.30. The molecule has 0 rings (SSSR count). The number of nitriles is 1. The highest BCUT2D eigenvalue weighted by molar-refractivity contribution is 5.76. The second-order valence-electron chi connectivity index (χ2n) is 5.63. The molecule has 0 aliphatic carbocycles. The minimum absolute atomic E-state index is 0.146. The molecule has 0 aliphatic rings. The van der Waals surface area contributed by atoms with Crippen molar-refractivity contribution in [3.63, 3.8) is 0 Å². The molecule has 19 heavy (non-hydrogen) atoms. The Kier molecular flexibility index (Phi) is 6.91. The van der Waals surface area contributed by atoms with Gasteiger partial charge in [-0.3, -0.25) is 4.79 Å². The predicted molar refractivity (Wildman–Crippen MR) is 71.5 cm³/mol. The molecule has 6 nitrogen and oxygen atoms in total. The molecule has 0 saturated heterocycles. The topological polar surface area (TPSA) is 93.4 Å². The molecule has 0 aromatic rings. The van der Waals surface area contributed by atoms with Crippen molar-refractivity contribution >= 4 is 12.0 Å². The molecule has 0 aliphatic heterocycles. The van der Waals surface area contributed by atoms with Gasteiger partial charge < -0.3 is 15.3 Å². The highest BCUT2D eigenvalue weighted by Crippen LogP contribution is 2.10. The summed E-state index contributed by atoms with van der Waals surface area (Å²) in [6.07, 6.45) is 0.117. The summed E-state index contributed by atoms with van der Waals surface area (Å²) in [5.74, 6) is -0.676. The summed E-state index contributed by atoms with van der Waals surface area (Å²) in [6, 6.07) is 1.68. The number of aliphatic carboxylic acids is 1. The van der Waals surface area contributed by atoms with Crippen molar-refractivity contribution in [2.45, 2.75) is 46.1 Å².